The monoisotopic (exact) mass is 292 g/mol. The summed E-state index contributed by atoms with van der Waals surface area (Å²) < 4.78 is 11.4. The van der Waals surface area contributed by atoms with E-state index >= 15 is 0 Å². The van der Waals surface area contributed by atoms with Crippen molar-refractivity contribution in [3.8, 4) is 0 Å². The Morgan fingerprint density at radius 1 is 1.29 bits per heavy atom. The molecule has 1 N–H and O–H groups in total. The lowest BCUT2D eigenvalue weighted by atomic mass is 9.96. The Labute approximate surface area is 125 Å². The fourth-order valence-corrected chi connectivity index (χ4v) is 3.80. The van der Waals surface area contributed by atoms with E-state index in [1.807, 2.05) is 0 Å². The lowest BCUT2D eigenvalue weighted by Crippen LogP contribution is -2.42. The van der Waals surface area contributed by atoms with Crippen molar-refractivity contribution >= 4 is 0 Å². The second-order valence-corrected chi connectivity index (χ2v) is 6.58. The van der Waals surface area contributed by atoms with Gasteiger partial charge in [-0.05, 0) is 51.2 Å². The number of aromatic nitrogens is 2. The van der Waals surface area contributed by atoms with E-state index in [4.69, 9.17) is 9.26 Å². The van der Waals surface area contributed by atoms with Crippen molar-refractivity contribution in [2.45, 2.75) is 44.2 Å². The Morgan fingerprint density at radius 2 is 2.29 bits per heavy atom. The Hall–Kier alpha value is -0.980. The molecule has 6 nitrogen and oxygen atoms in total. The van der Waals surface area contributed by atoms with E-state index in [2.05, 4.69) is 20.4 Å². The van der Waals surface area contributed by atoms with Crippen molar-refractivity contribution in [1.82, 2.24) is 20.4 Å². The van der Waals surface area contributed by atoms with Crippen LogP contribution in [0.15, 0.2) is 4.52 Å². The molecule has 0 spiro atoms. The van der Waals surface area contributed by atoms with Gasteiger partial charge < -0.3 is 14.6 Å². The Balaban J connectivity index is 1.37. The van der Waals surface area contributed by atoms with Crippen molar-refractivity contribution in [3.05, 3.63) is 11.7 Å². The van der Waals surface area contributed by atoms with Crippen LogP contribution in [0, 0.1) is 5.92 Å². The van der Waals surface area contributed by atoms with Crippen molar-refractivity contribution in [2.75, 3.05) is 32.8 Å². The zero-order valence-electron chi connectivity index (χ0n) is 12.5. The van der Waals surface area contributed by atoms with Crippen molar-refractivity contribution in [1.29, 1.82) is 0 Å². The fraction of sp³-hybridized carbons (Fsp3) is 0.867. The number of hydrogen-bond acceptors (Lipinski definition) is 6. The summed E-state index contributed by atoms with van der Waals surface area (Å²) in [5, 5.41) is 7.59. The molecule has 3 atom stereocenters. The van der Waals surface area contributed by atoms with Gasteiger partial charge in [0.05, 0.1) is 6.61 Å². The molecular weight excluding hydrogens is 268 g/mol. The molecule has 0 saturated carbocycles. The van der Waals surface area contributed by atoms with Crippen LogP contribution >= 0.6 is 0 Å². The molecule has 4 heterocycles. The van der Waals surface area contributed by atoms with E-state index in [9.17, 15) is 0 Å². The molecule has 116 valence electrons. The predicted molar refractivity (Wildman–Crippen MR) is 76.9 cm³/mol. The standard InChI is InChI=1S/C15H24N4O2/c1-3-11(8-16-5-1)7-14-17-15(18-21-14)13-9-19-6-2-4-12(19)10-20-13/h11-13,16H,1-10H2. The van der Waals surface area contributed by atoms with E-state index in [0.717, 1.165) is 44.4 Å². The molecule has 3 saturated heterocycles. The average Bonchev–Trinajstić information content (AvgIpc) is 3.16. The third kappa shape index (κ3) is 2.98. The van der Waals surface area contributed by atoms with Gasteiger partial charge >= 0.3 is 0 Å². The largest absolute Gasteiger partial charge is 0.367 e. The second kappa shape index (κ2) is 6.02. The molecule has 3 fully saturated rings. The first-order chi connectivity index (χ1) is 10.4. The van der Waals surface area contributed by atoms with Gasteiger partial charge in [-0.25, -0.2) is 0 Å². The molecule has 0 radical (unpaired) electrons. The quantitative estimate of drug-likeness (QED) is 0.901. The third-order valence-electron chi connectivity index (χ3n) is 5.02. The van der Waals surface area contributed by atoms with Crippen LogP contribution in [-0.4, -0.2) is 53.9 Å². The van der Waals surface area contributed by atoms with Gasteiger partial charge in [0.2, 0.25) is 11.7 Å². The van der Waals surface area contributed by atoms with Gasteiger partial charge in [0, 0.05) is 19.0 Å². The first-order valence-corrected chi connectivity index (χ1v) is 8.27. The number of ether oxygens (including phenoxy) is 1. The molecule has 3 unspecified atom stereocenters. The molecular formula is C15H24N4O2. The van der Waals surface area contributed by atoms with E-state index < -0.39 is 0 Å². The number of hydrogen-bond donors (Lipinski definition) is 1. The third-order valence-corrected chi connectivity index (χ3v) is 5.02. The molecule has 21 heavy (non-hydrogen) atoms. The zero-order valence-corrected chi connectivity index (χ0v) is 12.5. The maximum atomic E-state index is 5.94. The van der Waals surface area contributed by atoms with Gasteiger partial charge in [-0.1, -0.05) is 5.16 Å². The van der Waals surface area contributed by atoms with Crippen LogP contribution in [0.4, 0.5) is 0 Å². The minimum absolute atomic E-state index is 0.0127. The normalized spacial score (nSPS) is 34.0. The summed E-state index contributed by atoms with van der Waals surface area (Å²) >= 11 is 0. The SMILES string of the molecule is C1CNCC(Cc2nc(C3CN4CCCC4CO3)no2)C1. The van der Waals surface area contributed by atoms with Crippen molar-refractivity contribution < 1.29 is 9.26 Å². The van der Waals surface area contributed by atoms with Gasteiger partial charge in [0.15, 0.2) is 0 Å². The highest BCUT2D eigenvalue weighted by Crippen LogP contribution is 2.29. The van der Waals surface area contributed by atoms with Crippen molar-refractivity contribution in [3.63, 3.8) is 0 Å². The maximum absolute atomic E-state index is 5.94. The Bertz CT molecular complexity index is 472. The summed E-state index contributed by atoms with van der Waals surface area (Å²) in [5.41, 5.74) is 0. The number of rotatable bonds is 3. The predicted octanol–water partition coefficient (Wildman–Crippen LogP) is 1.15. The maximum Gasteiger partial charge on any atom is 0.227 e. The van der Waals surface area contributed by atoms with Gasteiger partial charge in [0.1, 0.15) is 6.10 Å². The lowest BCUT2D eigenvalue weighted by Gasteiger charge is -2.33. The first kappa shape index (κ1) is 13.7. The van der Waals surface area contributed by atoms with Crippen LogP contribution in [0.2, 0.25) is 0 Å². The minimum Gasteiger partial charge on any atom is -0.367 e. The molecule has 3 aliphatic rings. The van der Waals surface area contributed by atoms with Gasteiger partial charge in [-0.15, -0.1) is 0 Å². The van der Waals surface area contributed by atoms with Crippen LogP contribution in [-0.2, 0) is 11.2 Å². The van der Waals surface area contributed by atoms with E-state index in [0.29, 0.717) is 12.0 Å². The molecule has 0 aliphatic carbocycles. The molecule has 0 aromatic carbocycles. The first-order valence-electron chi connectivity index (χ1n) is 8.27. The highest BCUT2D eigenvalue weighted by molar-refractivity contribution is 4.97. The molecule has 0 bridgehead atoms. The van der Waals surface area contributed by atoms with Gasteiger partial charge in [0.25, 0.3) is 0 Å². The van der Waals surface area contributed by atoms with Gasteiger partial charge in [-0.3, -0.25) is 4.90 Å². The number of nitrogens with one attached hydrogen (secondary N) is 1. The topological polar surface area (TPSA) is 63.4 Å². The smallest absolute Gasteiger partial charge is 0.227 e. The summed E-state index contributed by atoms with van der Waals surface area (Å²) in [7, 11) is 0. The molecule has 4 rings (SSSR count). The second-order valence-electron chi connectivity index (χ2n) is 6.58. The molecule has 1 aromatic heterocycles. The number of nitrogens with zero attached hydrogens (tertiary/aromatic N) is 3. The number of fused-ring (bicyclic) bond motifs is 1. The Morgan fingerprint density at radius 3 is 3.19 bits per heavy atom. The van der Waals surface area contributed by atoms with Crippen LogP contribution in [0.3, 0.4) is 0 Å². The van der Waals surface area contributed by atoms with E-state index in [-0.39, 0.29) is 6.10 Å². The summed E-state index contributed by atoms with van der Waals surface area (Å²) in [4.78, 5) is 7.09. The number of piperidine rings is 1. The lowest BCUT2D eigenvalue weighted by molar-refractivity contribution is -0.0548. The fourth-order valence-electron chi connectivity index (χ4n) is 3.80. The summed E-state index contributed by atoms with van der Waals surface area (Å²) in [6, 6.07) is 0.612. The molecule has 1 aromatic rings. The highest BCUT2D eigenvalue weighted by atomic mass is 16.5. The van der Waals surface area contributed by atoms with Crippen LogP contribution in [0.1, 0.15) is 43.5 Å². The highest BCUT2D eigenvalue weighted by Gasteiger charge is 2.35. The summed E-state index contributed by atoms with van der Waals surface area (Å²) in [6.07, 6.45) is 5.92. The molecule has 3 aliphatic heterocycles. The van der Waals surface area contributed by atoms with Gasteiger partial charge in [-0.2, -0.15) is 4.98 Å². The minimum atomic E-state index is -0.0127. The molecule has 0 amide bonds. The average molecular weight is 292 g/mol. The molecule has 6 heteroatoms. The van der Waals surface area contributed by atoms with Crippen LogP contribution in [0.5, 0.6) is 0 Å². The van der Waals surface area contributed by atoms with Crippen molar-refractivity contribution in [2.24, 2.45) is 5.92 Å². The Kier molecular flexibility index (Phi) is 3.92. The summed E-state index contributed by atoms with van der Waals surface area (Å²) in [6.45, 7) is 5.10. The van der Waals surface area contributed by atoms with E-state index in [1.54, 1.807) is 0 Å². The van der Waals surface area contributed by atoms with Crippen LogP contribution in [0.25, 0.3) is 0 Å². The summed E-state index contributed by atoms with van der Waals surface area (Å²) in [5.74, 6) is 2.13. The van der Waals surface area contributed by atoms with Crippen LogP contribution < -0.4 is 5.32 Å². The van der Waals surface area contributed by atoms with E-state index in [1.165, 1.54) is 32.2 Å². The number of morpholine rings is 1. The zero-order chi connectivity index (χ0) is 14.1.